The Morgan fingerprint density at radius 2 is 1.94 bits per heavy atom. The molecular formula is C25H30N4O2. The number of likely N-dealkylation sites (tertiary alicyclic amines) is 1. The lowest BCUT2D eigenvalue weighted by atomic mass is 10.1. The number of rotatable bonds is 7. The van der Waals surface area contributed by atoms with Crippen molar-refractivity contribution < 1.29 is 9.53 Å². The minimum absolute atomic E-state index is 0.0285. The molecule has 6 heteroatoms. The van der Waals surface area contributed by atoms with Gasteiger partial charge < -0.3 is 10.1 Å². The van der Waals surface area contributed by atoms with Crippen LogP contribution in [-0.4, -0.2) is 40.3 Å². The third kappa shape index (κ3) is 5.14. The summed E-state index contributed by atoms with van der Waals surface area (Å²) in [4.78, 5) is 15.0. The van der Waals surface area contributed by atoms with Crippen LogP contribution in [0.15, 0.2) is 54.7 Å². The van der Waals surface area contributed by atoms with E-state index in [-0.39, 0.29) is 18.6 Å². The minimum Gasteiger partial charge on any atom is -0.483 e. The van der Waals surface area contributed by atoms with E-state index in [0.29, 0.717) is 0 Å². The number of aryl methyl sites for hydroxylation is 3. The third-order valence-corrected chi connectivity index (χ3v) is 5.77. The summed E-state index contributed by atoms with van der Waals surface area (Å²) in [6, 6.07) is 16.7. The topological polar surface area (TPSA) is 59.4 Å². The van der Waals surface area contributed by atoms with Gasteiger partial charge >= 0.3 is 0 Å². The predicted octanol–water partition coefficient (Wildman–Crippen LogP) is 4.27. The molecule has 2 aromatic carbocycles. The van der Waals surface area contributed by atoms with E-state index in [4.69, 9.17) is 4.74 Å². The summed E-state index contributed by atoms with van der Waals surface area (Å²) in [6.45, 7) is 8.83. The third-order valence-electron chi connectivity index (χ3n) is 5.77. The molecule has 1 atom stereocenters. The van der Waals surface area contributed by atoms with Crippen LogP contribution >= 0.6 is 0 Å². The predicted molar refractivity (Wildman–Crippen MR) is 122 cm³/mol. The summed E-state index contributed by atoms with van der Waals surface area (Å²) in [7, 11) is 0. The molecule has 1 fully saturated rings. The summed E-state index contributed by atoms with van der Waals surface area (Å²) in [5.41, 5.74) is 4.48. The number of nitrogens with zero attached hydrogens (tertiary/aromatic N) is 3. The number of hydrogen-bond acceptors (Lipinski definition) is 4. The van der Waals surface area contributed by atoms with Crippen molar-refractivity contribution in [3.05, 3.63) is 77.0 Å². The number of carbonyl (C=O) groups excluding carboxylic acids is 1. The van der Waals surface area contributed by atoms with E-state index < -0.39 is 0 Å². The molecule has 0 bridgehead atoms. The van der Waals surface area contributed by atoms with E-state index in [2.05, 4.69) is 39.6 Å². The molecule has 6 nitrogen and oxygen atoms in total. The number of nitrogens with one attached hydrogen (secondary N) is 1. The molecule has 0 radical (unpaired) electrons. The van der Waals surface area contributed by atoms with Crippen molar-refractivity contribution in [1.82, 2.24) is 14.7 Å². The molecule has 1 aromatic heterocycles. The van der Waals surface area contributed by atoms with Gasteiger partial charge in [0.15, 0.2) is 6.61 Å². The van der Waals surface area contributed by atoms with Crippen LogP contribution in [0.4, 0.5) is 5.82 Å². The molecule has 162 valence electrons. The van der Waals surface area contributed by atoms with Gasteiger partial charge in [-0.3, -0.25) is 9.69 Å². The Bertz CT molecular complexity index is 1040. The summed E-state index contributed by atoms with van der Waals surface area (Å²) in [6.07, 6.45) is 2.83. The van der Waals surface area contributed by atoms with Crippen LogP contribution < -0.4 is 10.1 Å². The molecule has 1 aliphatic heterocycles. The van der Waals surface area contributed by atoms with E-state index >= 15 is 0 Å². The van der Waals surface area contributed by atoms with Crippen molar-refractivity contribution in [3.63, 3.8) is 0 Å². The van der Waals surface area contributed by atoms with Crippen molar-refractivity contribution in [2.45, 2.75) is 39.8 Å². The van der Waals surface area contributed by atoms with Gasteiger partial charge in [0.1, 0.15) is 11.6 Å². The van der Waals surface area contributed by atoms with Crippen LogP contribution in [-0.2, 0) is 11.3 Å². The van der Waals surface area contributed by atoms with E-state index in [1.54, 1.807) is 0 Å². The van der Waals surface area contributed by atoms with Gasteiger partial charge in [0.05, 0.1) is 12.2 Å². The van der Waals surface area contributed by atoms with Gasteiger partial charge in [-0.1, -0.05) is 48.0 Å². The number of aromatic nitrogens is 2. The maximum absolute atomic E-state index is 12.6. The molecule has 31 heavy (non-hydrogen) atoms. The Morgan fingerprint density at radius 1 is 1.13 bits per heavy atom. The zero-order chi connectivity index (χ0) is 21.8. The highest BCUT2D eigenvalue weighted by Crippen LogP contribution is 2.28. The van der Waals surface area contributed by atoms with Crippen molar-refractivity contribution in [3.8, 4) is 5.75 Å². The molecule has 1 amide bonds. The highest BCUT2D eigenvalue weighted by Gasteiger charge is 2.27. The lowest BCUT2D eigenvalue weighted by Crippen LogP contribution is -2.25. The minimum atomic E-state index is -0.177. The van der Waals surface area contributed by atoms with E-state index in [0.717, 1.165) is 48.7 Å². The number of benzene rings is 2. The Balaban J connectivity index is 1.37. The molecule has 0 unspecified atom stereocenters. The standard InChI is InChI=1S/C25H30N4O2/c1-18-9-10-23(19(2)13-18)31-17-24(30)27-25-20(3)14-26-29(25)22-11-12-28(16-22)15-21-7-5-4-6-8-21/h4-10,13-14,22H,11-12,15-17H2,1-3H3,(H,27,30)/t22-/m0/s1. The van der Waals surface area contributed by atoms with E-state index in [1.165, 1.54) is 11.1 Å². The number of carbonyl (C=O) groups is 1. The lowest BCUT2D eigenvalue weighted by molar-refractivity contribution is -0.118. The molecular weight excluding hydrogens is 388 g/mol. The molecule has 1 saturated heterocycles. The van der Waals surface area contributed by atoms with Crippen molar-refractivity contribution >= 4 is 11.7 Å². The first-order valence-corrected chi connectivity index (χ1v) is 10.8. The normalized spacial score (nSPS) is 16.4. The van der Waals surface area contributed by atoms with E-state index in [9.17, 15) is 4.79 Å². The highest BCUT2D eigenvalue weighted by molar-refractivity contribution is 5.91. The SMILES string of the molecule is Cc1ccc(OCC(=O)Nc2c(C)cnn2[C@H]2CCN(Cc3ccccc3)C2)c(C)c1. The first-order chi connectivity index (χ1) is 15.0. The summed E-state index contributed by atoms with van der Waals surface area (Å²) in [5.74, 6) is 1.32. The zero-order valence-electron chi connectivity index (χ0n) is 18.5. The van der Waals surface area contributed by atoms with Crippen LogP contribution in [0.5, 0.6) is 5.75 Å². The quantitative estimate of drug-likeness (QED) is 0.622. The fourth-order valence-electron chi connectivity index (χ4n) is 4.15. The van der Waals surface area contributed by atoms with Crippen molar-refractivity contribution in [2.24, 2.45) is 0 Å². The molecule has 2 heterocycles. The molecule has 1 aliphatic rings. The van der Waals surface area contributed by atoms with Crippen LogP contribution in [0.1, 0.15) is 34.7 Å². The maximum Gasteiger partial charge on any atom is 0.263 e. The zero-order valence-corrected chi connectivity index (χ0v) is 18.5. The first-order valence-electron chi connectivity index (χ1n) is 10.8. The van der Waals surface area contributed by atoms with Gasteiger partial charge in [-0.15, -0.1) is 0 Å². The summed E-state index contributed by atoms with van der Waals surface area (Å²) >= 11 is 0. The average Bonchev–Trinajstić information content (AvgIpc) is 3.35. The molecule has 3 aromatic rings. The van der Waals surface area contributed by atoms with Crippen molar-refractivity contribution in [2.75, 3.05) is 25.0 Å². The lowest BCUT2D eigenvalue weighted by Gasteiger charge is -2.18. The van der Waals surface area contributed by atoms with Crippen molar-refractivity contribution in [1.29, 1.82) is 0 Å². The van der Waals surface area contributed by atoms with Gasteiger partial charge in [-0.2, -0.15) is 5.10 Å². The monoisotopic (exact) mass is 418 g/mol. The Morgan fingerprint density at radius 3 is 2.71 bits per heavy atom. The molecule has 0 saturated carbocycles. The number of anilines is 1. The number of amides is 1. The molecule has 0 spiro atoms. The van der Waals surface area contributed by atoms with Gasteiger partial charge in [0, 0.05) is 25.2 Å². The first kappa shape index (κ1) is 21.1. The highest BCUT2D eigenvalue weighted by atomic mass is 16.5. The second-order valence-corrected chi connectivity index (χ2v) is 8.39. The summed E-state index contributed by atoms with van der Waals surface area (Å²) < 4.78 is 7.71. The molecule has 1 N–H and O–H groups in total. The van der Waals surface area contributed by atoms with Crippen LogP contribution in [0, 0.1) is 20.8 Å². The fraction of sp³-hybridized carbons (Fsp3) is 0.360. The Kier molecular flexibility index (Phi) is 6.37. The number of ether oxygens (including phenoxy) is 1. The van der Waals surface area contributed by atoms with Crippen LogP contribution in [0.3, 0.4) is 0 Å². The number of hydrogen-bond donors (Lipinski definition) is 1. The second-order valence-electron chi connectivity index (χ2n) is 8.39. The maximum atomic E-state index is 12.6. The van der Waals surface area contributed by atoms with E-state index in [1.807, 2.05) is 55.9 Å². The fourth-order valence-corrected chi connectivity index (χ4v) is 4.15. The second kappa shape index (κ2) is 9.35. The summed E-state index contributed by atoms with van der Waals surface area (Å²) in [5, 5.41) is 7.59. The van der Waals surface area contributed by atoms with Gasteiger partial charge in [-0.05, 0) is 44.4 Å². The average molecular weight is 419 g/mol. The van der Waals surface area contributed by atoms with Crippen LogP contribution in [0.2, 0.25) is 0 Å². The van der Waals surface area contributed by atoms with Crippen LogP contribution in [0.25, 0.3) is 0 Å². The Labute approximate surface area is 183 Å². The smallest absolute Gasteiger partial charge is 0.263 e. The van der Waals surface area contributed by atoms with Gasteiger partial charge in [0.25, 0.3) is 5.91 Å². The molecule has 0 aliphatic carbocycles. The largest absolute Gasteiger partial charge is 0.483 e. The van der Waals surface area contributed by atoms with Gasteiger partial charge in [0.2, 0.25) is 0 Å². The van der Waals surface area contributed by atoms with Gasteiger partial charge in [-0.25, -0.2) is 4.68 Å². The Hall–Kier alpha value is -3.12. The molecule has 4 rings (SSSR count).